The van der Waals surface area contributed by atoms with E-state index in [4.69, 9.17) is 0 Å². The molecule has 1 N–H and O–H groups in total. The van der Waals surface area contributed by atoms with Gasteiger partial charge in [-0.2, -0.15) is 5.10 Å². The van der Waals surface area contributed by atoms with Gasteiger partial charge < -0.3 is 10.2 Å². The van der Waals surface area contributed by atoms with Gasteiger partial charge in [-0.05, 0) is 50.2 Å². The molecule has 1 aromatic heterocycles. The van der Waals surface area contributed by atoms with Gasteiger partial charge in [0.25, 0.3) is 5.91 Å². The maximum Gasteiger partial charge on any atom is 0.261 e. The van der Waals surface area contributed by atoms with Crippen LogP contribution in [-0.4, -0.2) is 33.0 Å². The summed E-state index contributed by atoms with van der Waals surface area (Å²) in [5.41, 5.74) is 4.28. The third kappa shape index (κ3) is 3.46. The fourth-order valence-corrected chi connectivity index (χ4v) is 4.39. The average Bonchev–Trinajstić information content (AvgIpc) is 3.08. The molecule has 2 aliphatic rings. The Labute approximate surface area is 165 Å². The second-order valence-corrected chi connectivity index (χ2v) is 7.64. The van der Waals surface area contributed by atoms with Gasteiger partial charge in [0.2, 0.25) is 5.91 Å². The van der Waals surface area contributed by atoms with Gasteiger partial charge in [0.1, 0.15) is 0 Å². The van der Waals surface area contributed by atoms with Crippen molar-refractivity contribution < 1.29 is 9.59 Å². The van der Waals surface area contributed by atoms with Crippen LogP contribution < -0.4 is 5.32 Å². The minimum Gasteiger partial charge on any atom is -0.326 e. The number of hydrogen-bond donors (Lipinski definition) is 1. The van der Waals surface area contributed by atoms with Crippen LogP contribution in [0.5, 0.6) is 0 Å². The van der Waals surface area contributed by atoms with E-state index in [1.165, 1.54) is 31.9 Å². The summed E-state index contributed by atoms with van der Waals surface area (Å²) in [5.74, 6) is 0.444. The summed E-state index contributed by atoms with van der Waals surface area (Å²) in [7, 11) is 1.85. The van der Waals surface area contributed by atoms with Gasteiger partial charge in [-0.25, -0.2) is 0 Å². The molecule has 1 unspecified atom stereocenters. The molecule has 2 amide bonds. The molecule has 2 aromatic rings. The topological polar surface area (TPSA) is 67.2 Å². The number of carbonyl (C=O) groups is 2. The molecule has 0 radical (unpaired) electrons. The zero-order valence-corrected chi connectivity index (χ0v) is 16.4. The molecule has 0 saturated carbocycles. The predicted octanol–water partition coefficient (Wildman–Crippen LogP) is 3.97. The number of anilines is 1. The van der Waals surface area contributed by atoms with Gasteiger partial charge in [-0.1, -0.05) is 18.2 Å². The van der Waals surface area contributed by atoms with Crippen molar-refractivity contribution in [1.29, 1.82) is 0 Å². The highest BCUT2D eigenvalue weighted by Crippen LogP contribution is 2.36. The van der Waals surface area contributed by atoms with Crippen molar-refractivity contribution in [2.24, 2.45) is 13.0 Å². The van der Waals surface area contributed by atoms with Crippen molar-refractivity contribution >= 4 is 17.5 Å². The van der Waals surface area contributed by atoms with E-state index in [-0.39, 0.29) is 11.8 Å². The zero-order chi connectivity index (χ0) is 19.7. The zero-order valence-electron chi connectivity index (χ0n) is 16.4. The Hall–Kier alpha value is -2.89. The Morgan fingerprint density at radius 1 is 1.14 bits per heavy atom. The van der Waals surface area contributed by atoms with E-state index in [0.29, 0.717) is 11.5 Å². The van der Waals surface area contributed by atoms with Gasteiger partial charge in [0.05, 0.1) is 17.5 Å². The first kappa shape index (κ1) is 18.5. The number of likely N-dealkylation sites (tertiary alicyclic amines) is 1. The molecule has 28 heavy (non-hydrogen) atoms. The fourth-order valence-electron chi connectivity index (χ4n) is 4.39. The lowest BCUT2D eigenvalue weighted by atomic mass is 9.84. The van der Waals surface area contributed by atoms with Crippen molar-refractivity contribution in [1.82, 2.24) is 14.7 Å². The quantitative estimate of drug-likeness (QED) is 0.879. The van der Waals surface area contributed by atoms with Crippen LogP contribution in [0.3, 0.4) is 0 Å². The number of carbonyl (C=O) groups excluding carboxylic acids is 2. The summed E-state index contributed by atoms with van der Waals surface area (Å²) in [5, 5.41) is 7.13. The Balaban J connectivity index is 1.65. The third-order valence-corrected chi connectivity index (χ3v) is 5.67. The van der Waals surface area contributed by atoms with Crippen molar-refractivity contribution in [3.63, 3.8) is 0 Å². The van der Waals surface area contributed by atoms with E-state index < -0.39 is 0 Å². The van der Waals surface area contributed by atoms with Crippen LogP contribution in [0.1, 0.15) is 49.4 Å². The number of aryl methyl sites for hydroxylation is 1. The van der Waals surface area contributed by atoms with Gasteiger partial charge in [-0.3, -0.25) is 14.3 Å². The van der Waals surface area contributed by atoms with Crippen molar-refractivity contribution in [2.75, 3.05) is 11.9 Å². The van der Waals surface area contributed by atoms with Crippen LogP contribution in [0, 0.1) is 5.92 Å². The lowest BCUT2D eigenvalue weighted by molar-refractivity contribution is -0.114. The number of nitrogens with zero attached hydrogens (tertiary/aromatic N) is 3. The summed E-state index contributed by atoms with van der Waals surface area (Å²) in [6, 6.07) is 7.52. The van der Waals surface area contributed by atoms with E-state index in [2.05, 4.69) is 16.5 Å². The fraction of sp³-hybridized carbons (Fsp3) is 0.409. The number of benzene rings is 1. The molecular formula is C22H26N4O2. The Morgan fingerprint density at radius 2 is 1.89 bits per heavy atom. The van der Waals surface area contributed by atoms with Crippen molar-refractivity contribution in [3.05, 3.63) is 47.8 Å². The number of rotatable bonds is 3. The summed E-state index contributed by atoms with van der Waals surface area (Å²) in [4.78, 5) is 26.7. The molecule has 1 fully saturated rings. The van der Waals surface area contributed by atoms with E-state index in [1.807, 2.05) is 36.2 Å². The van der Waals surface area contributed by atoms with E-state index in [9.17, 15) is 9.59 Å². The maximum absolute atomic E-state index is 13.4. The minimum absolute atomic E-state index is 0.0342. The third-order valence-electron chi connectivity index (χ3n) is 5.67. The predicted molar refractivity (Wildman–Crippen MR) is 109 cm³/mol. The molecule has 4 rings (SSSR count). The smallest absolute Gasteiger partial charge is 0.261 e. The number of piperidine rings is 1. The Kier molecular flexibility index (Phi) is 5.03. The summed E-state index contributed by atoms with van der Waals surface area (Å²) in [6.45, 7) is 2.26. The standard InChI is InChI=1S/C22H26N4O2/c1-15(27)24-18-11-9-17(10-12-18)21-19(14-23-25(21)2)22(28)26-13-5-7-16-6-3-4-8-20(16)26/h8-12,14,16H,3-7,13H2,1-2H3,(H,24,27). The SMILES string of the molecule is CC(=O)Nc1ccc(-c2c(C(=O)N3CCCC4CCCC=C43)cnn2C)cc1. The first-order chi connectivity index (χ1) is 13.5. The molecule has 6 heteroatoms. The molecular weight excluding hydrogens is 352 g/mol. The highest BCUT2D eigenvalue weighted by Gasteiger charge is 2.32. The van der Waals surface area contributed by atoms with E-state index in [1.54, 1.807) is 10.9 Å². The van der Waals surface area contributed by atoms with Crippen LogP contribution in [0.2, 0.25) is 0 Å². The van der Waals surface area contributed by atoms with Crippen LogP contribution in [-0.2, 0) is 11.8 Å². The molecule has 0 bridgehead atoms. The monoisotopic (exact) mass is 378 g/mol. The number of nitrogens with one attached hydrogen (secondary N) is 1. The summed E-state index contributed by atoms with van der Waals surface area (Å²) < 4.78 is 1.75. The molecule has 1 saturated heterocycles. The number of allylic oxidation sites excluding steroid dienone is 2. The Bertz CT molecular complexity index is 927. The molecule has 6 nitrogen and oxygen atoms in total. The van der Waals surface area contributed by atoms with Crippen LogP contribution in [0.15, 0.2) is 42.2 Å². The Morgan fingerprint density at radius 3 is 2.64 bits per heavy atom. The lowest BCUT2D eigenvalue weighted by Crippen LogP contribution is -2.39. The second-order valence-electron chi connectivity index (χ2n) is 7.64. The van der Waals surface area contributed by atoms with E-state index >= 15 is 0 Å². The average molecular weight is 378 g/mol. The van der Waals surface area contributed by atoms with Gasteiger partial charge >= 0.3 is 0 Å². The lowest BCUT2D eigenvalue weighted by Gasteiger charge is -2.38. The molecule has 1 aliphatic heterocycles. The largest absolute Gasteiger partial charge is 0.326 e. The molecule has 1 atom stereocenters. The molecule has 2 heterocycles. The van der Waals surface area contributed by atoms with E-state index in [0.717, 1.165) is 36.3 Å². The normalized spacial score (nSPS) is 19.0. The van der Waals surface area contributed by atoms with Crippen LogP contribution in [0.25, 0.3) is 11.3 Å². The first-order valence-electron chi connectivity index (χ1n) is 9.96. The van der Waals surface area contributed by atoms with Crippen molar-refractivity contribution in [3.8, 4) is 11.3 Å². The number of aromatic nitrogens is 2. The molecule has 146 valence electrons. The van der Waals surface area contributed by atoms with Crippen LogP contribution in [0.4, 0.5) is 5.69 Å². The van der Waals surface area contributed by atoms with Crippen molar-refractivity contribution in [2.45, 2.75) is 39.0 Å². The minimum atomic E-state index is -0.107. The highest BCUT2D eigenvalue weighted by molar-refractivity contribution is 6.01. The maximum atomic E-state index is 13.4. The molecule has 1 aromatic carbocycles. The van der Waals surface area contributed by atoms with Crippen LogP contribution >= 0.6 is 0 Å². The van der Waals surface area contributed by atoms with Gasteiger partial charge in [-0.15, -0.1) is 0 Å². The molecule has 0 spiro atoms. The first-order valence-corrected chi connectivity index (χ1v) is 9.96. The van der Waals surface area contributed by atoms with Gasteiger partial charge in [0.15, 0.2) is 0 Å². The summed E-state index contributed by atoms with van der Waals surface area (Å²) in [6.07, 6.45) is 9.61. The second kappa shape index (κ2) is 7.62. The number of amides is 2. The highest BCUT2D eigenvalue weighted by atomic mass is 16.2. The number of fused-ring (bicyclic) bond motifs is 1. The summed E-state index contributed by atoms with van der Waals surface area (Å²) >= 11 is 0. The van der Waals surface area contributed by atoms with Gasteiger partial charge in [0, 0.05) is 37.5 Å². The number of hydrogen-bond acceptors (Lipinski definition) is 3. The molecule has 1 aliphatic carbocycles.